The van der Waals surface area contributed by atoms with Crippen LogP contribution in [0, 0.1) is 5.82 Å². The normalized spacial score (nSPS) is 11.5. The molecule has 0 heterocycles. The molecule has 0 bridgehead atoms. The van der Waals surface area contributed by atoms with Crippen LogP contribution in [0.15, 0.2) is 42.5 Å². The number of ether oxygens (including phenoxy) is 2. The third-order valence-corrected chi connectivity index (χ3v) is 4.90. The standard InChI is InChI=1S/C23H29FN2O4/c1-5-22(27)26(15-18-6-9-19(24)10-7-18)16(2)23(28)25-13-12-17-8-11-20(29-3)21(14-17)30-4/h6-11,14,16H,5,12-13,15H2,1-4H3,(H,25,28)/t16-/m0/s1. The van der Waals surface area contributed by atoms with Gasteiger partial charge in [-0.25, -0.2) is 4.39 Å². The van der Waals surface area contributed by atoms with E-state index >= 15 is 0 Å². The van der Waals surface area contributed by atoms with E-state index < -0.39 is 6.04 Å². The Hall–Kier alpha value is -3.09. The molecule has 1 N–H and O–H groups in total. The van der Waals surface area contributed by atoms with Crippen LogP contribution in [-0.2, 0) is 22.6 Å². The summed E-state index contributed by atoms with van der Waals surface area (Å²) in [7, 11) is 3.15. The molecule has 0 spiro atoms. The van der Waals surface area contributed by atoms with E-state index in [0.717, 1.165) is 11.1 Å². The van der Waals surface area contributed by atoms with Crippen LogP contribution in [0.1, 0.15) is 31.4 Å². The van der Waals surface area contributed by atoms with Crippen LogP contribution in [-0.4, -0.2) is 43.5 Å². The van der Waals surface area contributed by atoms with Gasteiger partial charge in [0.2, 0.25) is 11.8 Å². The number of nitrogens with one attached hydrogen (secondary N) is 1. The molecule has 162 valence electrons. The Bertz CT molecular complexity index is 855. The maximum atomic E-state index is 13.1. The molecule has 0 aliphatic rings. The predicted molar refractivity (Wildman–Crippen MR) is 113 cm³/mol. The largest absolute Gasteiger partial charge is 0.493 e. The molecule has 30 heavy (non-hydrogen) atoms. The first-order valence-electron chi connectivity index (χ1n) is 9.92. The number of rotatable bonds is 10. The lowest BCUT2D eigenvalue weighted by atomic mass is 10.1. The van der Waals surface area contributed by atoms with E-state index in [0.29, 0.717) is 24.5 Å². The molecule has 0 radical (unpaired) electrons. The van der Waals surface area contributed by atoms with Gasteiger partial charge in [0.05, 0.1) is 14.2 Å². The van der Waals surface area contributed by atoms with Crippen molar-refractivity contribution in [2.45, 2.75) is 39.3 Å². The average Bonchev–Trinajstić information content (AvgIpc) is 2.77. The number of carbonyl (C=O) groups is 2. The Kier molecular flexibility index (Phi) is 8.65. The maximum Gasteiger partial charge on any atom is 0.242 e. The van der Waals surface area contributed by atoms with Crippen molar-refractivity contribution in [2.75, 3.05) is 20.8 Å². The van der Waals surface area contributed by atoms with Crippen LogP contribution in [0.2, 0.25) is 0 Å². The average molecular weight is 416 g/mol. The van der Waals surface area contributed by atoms with Gasteiger partial charge in [-0.05, 0) is 48.7 Å². The number of hydrogen-bond acceptors (Lipinski definition) is 4. The zero-order valence-electron chi connectivity index (χ0n) is 17.9. The third kappa shape index (κ3) is 6.20. The number of benzene rings is 2. The van der Waals surface area contributed by atoms with Crippen molar-refractivity contribution in [3.63, 3.8) is 0 Å². The second-order valence-electron chi connectivity index (χ2n) is 6.91. The molecule has 0 saturated heterocycles. The second kappa shape index (κ2) is 11.2. The van der Waals surface area contributed by atoms with Gasteiger partial charge in [0.15, 0.2) is 11.5 Å². The molecule has 2 amide bonds. The first-order chi connectivity index (χ1) is 14.4. The van der Waals surface area contributed by atoms with Crippen molar-refractivity contribution >= 4 is 11.8 Å². The van der Waals surface area contributed by atoms with Gasteiger partial charge >= 0.3 is 0 Å². The summed E-state index contributed by atoms with van der Waals surface area (Å²) in [6.07, 6.45) is 0.892. The summed E-state index contributed by atoms with van der Waals surface area (Å²) in [5, 5.41) is 2.89. The lowest BCUT2D eigenvalue weighted by Crippen LogP contribution is -2.47. The Morgan fingerprint density at radius 2 is 1.67 bits per heavy atom. The molecule has 1 atom stereocenters. The topological polar surface area (TPSA) is 67.9 Å². The Balaban J connectivity index is 1.97. The van der Waals surface area contributed by atoms with Crippen molar-refractivity contribution in [3.8, 4) is 11.5 Å². The molecule has 2 aromatic carbocycles. The fourth-order valence-corrected chi connectivity index (χ4v) is 3.09. The molecular weight excluding hydrogens is 387 g/mol. The third-order valence-electron chi connectivity index (χ3n) is 4.90. The fourth-order valence-electron chi connectivity index (χ4n) is 3.09. The molecule has 0 unspecified atom stereocenters. The summed E-state index contributed by atoms with van der Waals surface area (Å²) in [5.74, 6) is 0.566. The zero-order chi connectivity index (χ0) is 22.1. The maximum absolute atomic E-state index is 13.1. The van der Waals surface area contributed by atoms with Gasteiger partial charge < -0.3 is 19.7 Å². The highest BCUT2D eigenvalue weighted by atomic mass is 19.1. The Labute approximate surface area is 177 Å². The predicted octanol–water partition coefficient (Wildman–Crippen LogP) is 3.33. The smallest absolute Gasteiger partial charge is 0.242 e. The van der Waals surface area contributed by atoms with E-state index in [1.807, 2.05) is 18.2 Å². The highest BCUT2D eigenvalue weighted by molar-refractivity contribution is 5.87. The second-order valence-corrected chi connectivity index (χ2v) is 6.91. The monoisotopic (exact) mass is 416 g/mol. The number of methoxy groups -OCH3 is 2. The minimum Gasteiger partial charge on any atom is -0.493 e. The van der Waals surface area contributed by atoms with Crippen LogP contribution in [0.5, 0.6) is 11.5 Å². The number of nitrogens with zero attached hydrogens (tertiary/aromatic N) is 1. The van der Waals surface area contributed by atoms with E-state index in [9.17, 15) is 14.0 Å². The van der Waals surface area contributed by atoms with E-state index in [4.69, 9.17) is 9.47 Å². The van der Waals surface area contributed by atoms with E-state index in [2.05, 4.69) is 5.32 Å². The Morgan fingerprint density at radius 3 is 2.27 bits per heavy atom. The highest BCUT2D eigenvalue weighted by Gasteiger charge is 2.24. The first kappa shape index (κ1) is 23.2. The molecule has 7 heteroatoms. The van der Waals surface area contributed by atoms with Crippen molar-refractivity contribution < 1.29 is 23.5 Å². The van der Waals surface area contributed by atoms with E-state index in [1.165, 1.54) is 17.0 Å². The summed E-state index contributed by atoms with van der Waals surface area (Å²) < 4.78 is 23.7. The lowest BCUT2D eigenvalue weighted by molar-refractivity contribution is -0.140. The number of hydrogen-bond donors (Lipinski definition) is 1. The van der Waals surface area contributed by atoms with Gasteiger partial charge in [-0.1, -0.05) is 25.1 Å². The quantitative estimate of drug-likeness (QED) is 0.645. The molecule has 2 aromatic rings. The minimum atomic E-state index is -0.645. The van der Waals surface area contributed by atoms with Crippen LogP contribution in [0.25, 0.3) is 0 Å². The summed E-state index contributed by atoms with van der Waals surface area (Å²) in [4.78, 5) is 26.6. The van der Waals surface area contributed by atoms with Crippen molar-refractivity contribution in [2.24, 2.45) is 0 Å². The molecule has 0 saturated carbocycles. The van der Waals surface area contributed by atoms with Crippen molar-refractivity contribution in [1.82, 2.24) is 10.2 Å². The van der Waals surface area contributed by atoms with Gasteiger partial charge in [-0.3, -0.25) is 9.59 Å². The molecule has 0 fully saturated rings. The SMILES string of the molecule is CCC(=O)N(Cc1ccc(F)cc1)[C@@H](C)C(=O)NCCc1ccc(OC)c(OC)c1. The molecule has 0 aliphatic carbocycles. The zero-order valence-corrected chi connectivity index (χ0v) is 17.9. The van der Waals surface area contributed by atoms with Gasteiger partial charge in [-0.2, -0.15) is 0 Å². The van der Waals surface area contributed by atoms with Gasteiger partial charge in [0, 0.05) is 19.5 Å². The van der Waals surface area contributed by atoms with Crippen molar-refractivity contribution in [1.29, 1.82) is 0 Å². The minimum absolute atomic E-state index is 0.137. The number of amides is 2. The van der Waals surface area contributed by atoms with Crippen LogP contribution >= 0.6 is 0 Å². The Morgan fingerprint density at radius 1 is 1.03 bits per heavy atom. The van der Waals surface area contributed by atoms with Crippen LogP contribution < -0.4 is 14.8 Å². The molecule has 2 rings (SSSR count). The molecule has 6 nitrogen and oxygen atoms in total. The van der Waals surface area contributed by atoms with Gasteiger partial charge in [0.25, 0.3) is 0 Å². The summed E-state index contributed by atoms with van der Waals surface area (Å²) in [6.45, 7) is 4.12. The van der Waals surface area contributed by atoms with Crippen molar-refractivity contribution in [3.05, 3.63) is 59.4 Å². The number of halogens is 1. The fraction of sp³-hybridized carbons (Fsp3) is 0.391. The van der Waals surface area contributed by atoms with Gasteiger partial charge in [0.1, 0.15) is 11.9 Å². The van der Waals surface area contributed by atoms with E-state index in [-0.39, 0.29) is 30.6 Å². The first-order valence-corrected chi connectivity index (χ1v) is 9.92. The van der Waals surface area contributed by atoms with Gasteiger partial charge in [-0.15, -0.1) is 0 Å². The van der Waals surface area contributed by atoms with Crippen LogP contribution in [0.4, 0.5) is 4.39 Å². The highest BCUT2D eigenvalue weighted by Crippen LogP contribution is 2.27. The number of carbonyl (C=O) groups excluding carboxylic acids is 2. The lowest BCUT2D eigenvalue weighted by Gasteiger charge is -2.28. The summed E-state index contributed by atoms with van der Waals surface area (Å²) in [5.41, 5.74) is 1.76. The summed E-state index contributed by atoms with van der Waals surface area (Å²) in [6, 6.07) is 10.9. The molecule has 0 aliphatic heterocycles. The molecular formula is C23H29FN2O4. The molecule has 0 aromatic heterocycles. The summed E-state index contributed by atoms with van der Waals surface area (Å²) >= 11 is 0. The van der Waals surface area contributed by atoms with E-state index in [1.54, 1.807) is 40.2 Å². The van der Waals surface area contributed by atoms with Crippen LogP contribution in [0.3, 0.4) is 0 Å².